The predicted molar refractivity (Wildman–Crippen MR) is 97.5 cm³/mol. The van der Waals surface area contributed by atoms with Gasteiger partial charge in [0.15, 0.2) is 0 Å². The third kappa shape index (κ3) is 4.22. The summed E-state index contributed by atoms with van der Waals surface area (Å²) in [5.41, 5.74) is 3.61. The molecule has 0 fully saturated rings. The molecular weight excluding hydrogens is 300 g/mol. The highest BCUT2D eigenvalue weighted by molar-refractivity contribution is 6.09. The molecular formula is C20H24N2O2. The van der Waals surface area contributed by atoms with Crippen LogP contribution in [-0.2, 0) is 0 Å². The predicted octanol–water partition coefficient (Wildman–Crippen LogP) is 3.94. The first-order valence-electron chi connectivity index (χ1n) is 8.15. The molecule has 4 heteroatoms. The number of hydrogen-bond donors (Lipinski definition) is 2. The molecule has 0 aliphatic heterocycles. The van der Waals surface area contributed by atoms with Crippen molar-refractivity contribution in [3.05, 3.63) is 64.7 Å². The minimum Gasteiger partial charge on any atom is -0.352 e. The molecule has 0 heterocycles. The van der Waals surface area contributed by atoms with Gasteiger partial charge in [-0.1, -0.05) is 38.1 Å². The van der Waals surface area contributed by atoms with Crippen LogP contribution in [0.4, 0.5) is 5.69 Å². The monoisotopic (exact) mass is 324 g/mol. The number of carbonyl (C=O) groups is 2. The Labute approximate surface area is 143 Å². The second kappa shape index (κ2) is 7.77. The van der Waals surface area contributed by atoms with Crippen molar-refractivity contribution in [2.75, 3.05) is 11.9 Å². The lowest BCUT2D eigenvalue weighted by molar-refractivity contribution is 0.0950. The Hall–Kier alpha value is -2.62. The largest absolute Gasteiger partial charge is 0.352 e. The zero-order chi connectivity index (χ0) is 17.7. The maximum Gasteiger partial charge on any atom is 0.255 e. The number of benzene rings is 2. The van der Waals surface area contributed by atoms with Gasteiger partial charge in [-0.15, -0.1) is 0 Å². The van der Waals surface area contributed by atoms with Crippen molar-refractivity contribution in [3.63, 3.8) is 0 Å². The number of aryl methyl sites for hydroxylation is 1. The smallest absolute Gasteiger partial charge is 0.255 e. The summed E-state index contributed by atoms with van der Waals surface area (Å²) >= 11 is 0. The number of anilines is 1. The minimum absolute atomic E-state index is 0.180. The molecule has 2 N–H and O–H groups in total. The summed E-state index contributed by atoms with van der Waals surface area (Å²) in [6.45, 7) is 8.56. The molecule has 2 rings (SSSR count). The van der Waals surface area contributed by atoms with Crippen molar-refractivity contribution >= 4 is 17.5 Å². The van der Waals surface area contributed by atoms with E-state index in [9.17, 15) is 9.59 Å². The molecule has 0 saturated heterocycles. The molecule has 0 saturated carbocycles. The molecule has 0 aliphatic carbocycles. The molecule has 0 radical (unpaired) electrons. The molecule has 2 amide bonds. The van der Waals surface area contributed by atoms with E-state index in [0.717, 1.165) is 11.1 Å². The number of hydrogen-bond acceptors (Lipinski definition) is 2. The highest BCUT2D eigenvalue weighted by atomic mass is 16.2. The summed E-state index contributed by atoms with van der Waals surface area (Å²) in [4.78, 5) is 24.9. The number of rotatable bonds is 5. The molecule has 126 valence electrons. The van der Waals surface area contributed by atoms with Gasteiger partial charge in [0, 0.05) is 12.1 Å². The van der Waals surface area contributed by atoms with Crippen LogP contribution >= 0.6 is 0 Å². The molecule has 0 spiro atoms. The number of carbonyl (C=O) groups excluding carboxylic acids is 2. The van der Waals surface area contributed by atoms with Crippen molar-refractivity contribution in [1.82, 2.24) is 5.32 Å². The van der Waals surface area contributed by atoms with E-state index in [1.54, 1.807) is 30.3 Å². The van der Waals surface area contributed by atoms with Gasteiger partial charge in [0.25, 0.3) is 11.8 Å². The second-order valence-electron chi connectivity index (χ2n) is 6.35. The zero-order valence-corrected chi connectivity index (χ0v) is 14.6. The van der Waals surface area contributed by atoms with Crippen LogP contribution in [0, 0.1) is 19.8 Å². The Morgan fingerprint density at radius 2 is 1.58 bits per heavy atom. The van der Waals surface area contributed by atoms with Gasteiger partial charge in [-0.2, -0.15) is 0 Å². The Bertz CT molecular complexity index is 751. The van der Waals surface area contributed by atoms with E-state index in [2.05, 4.69) is 10.6 Å². The van der Waals surface area contributed by atoms with Gasteiger partial charge in [-0.25, -0.2) is 0 Å². The van der Waals surface area contributed by atoms with Crippen molar-refractivity contribution in [3.8, 4) is 0 Å². The highest BCUT2D eigenvalue weighted by Crippen LogP contribution is 2.19. The lowest BCUT2D eigenvalue weighted by Crippen LogP contribution is -2.28. The Kier molecular flexibility index (Phi) is 5.74. The van der Waals surface area contributed by atoms with Gasteiger partial charge in [0.1, 0.15) is 0 Å². The average Bonchev–Trinajstić information content (AvgIpc) is 2.55. The fourth-order valence-electron chi connectivity index (χ4n) is 2.37. The van der Waals surface area contributed by atoms with Gasteiger partial charge >= 0.3 is 0 Å². The standard InChI is InChI=1S/C20H24N2O2/c1-13(2)12-21-19(23)17-9-5-6-11-18(17)22-20(24)16-10-7-8-14(3)15(16)4/h5-11,13H,12H2,1-4H3,(H,21,23)(H,22,24). The summed E-state index contributed by atoms with van der Waals surface area (Å²) in [6, 6.07) is 12.7. The Morgan fingerprint density at radius 1 is 0.917 bits per heavy atom. The molecule has 0 atom stereocenters. The van der Waals surface area contributed by atoms with E-state index < -0.39 is 0 Å². The van der Waals surface area contributed by atoms with Gasteiger partial charge in [0.2, 0.25) is 0 Å². The van der Waals surface area contributed by atoms with Gasteiger partial charge in [-0.05, 0) is 49.1 Å². The van der Waals surface area contributed by atoms with Crippen LogP contribution in [-0.4, -0.2) is 18.4 Å². The summed E-state index contributed by atoms with van der Waals surface area (Å²) in [6.07, 6.45) is 0. The zero-order valence-electron chi connectivity index (χ0n) is 14.6. The van der Waals surface area contributed by atoms with Crippen LogP contribution < -0.4 is 10.6 Å². The second-order valence-corrected chi connectivity index (χ2v) is 6.35. The van der Waals surface area contributed by atoms with E-state index in [0.29, 0.717) is 29.3 Å². The summed E-state index contributed by atoms with van der Waals surface area (Å²) in [7, 11) is 0. The van der Waals surface area contributed by atoms with Crippen LogP contribution in [0.1, 0.15) is 45.7 Å². The summed E-state index contributed by atoms with van der Waals surface area (Å²) in [5.74, 6) is -0.0217. The average molecular weight is 324 g/mol. The number of nitrogens with one attached hydrogen (secondary N) is 2. The molecule has 0 unspecified atom stereocenters. The summed E-state index contributed by atoms with van der Waals surface area (Å²) in [5, 5.41) is 5.75. The Balaban J connectivity index is 2.22. The van der Waals surface area contributed by atoms with Crippen LogP contribution in [0.5, 0.6) is 0 Å². The van der Waals surface area contributed by atoms with Crippen molar-refractivity contribution in [2.45, 2.75) is 27.7 Å². The molecule has 24 heavy (non-hydrogen) atoms. The van der Waals surface area contributed by atoms with Gasteiger partial charge < -0.3 is 10.6 Å². The number of amides is 2. The van der Waals surface area contributed by atoms with E-state index in [1.165, 1.54) is 0 Å². The Morgan fingerprint density at radius 3 is 2.29 bits per heavy atom. The fourth-order valence-corrected chi connectivity index (χ4v) is 2.37. The molecule has 4 nitrogen and oxygen atoms in total. The normalized spacial score (nSPS) is 10.5. The molecule has 0 aliphatic rings. The molecule has 2 aromatic rings. The third-order valence-corrected chi connectivity index (χ3v) is 3.94. The van der Waals surface area contributed by atoms with Crippen molar-refractivity contribution in [2.24, 2.45) is 5.92 Å². The van der Waals surface area contributed by atoms with Gasteiger partial charge in [0.05, 0.1) is 11.3 Å². The van der Waals surface area contributed by atoms with Crippen molar-refractivity contribution in [1.29, 1.82) is 0 Å². The van der Waals surface area contributed by atoms with Crippen molar-refractivity contribution < 1.29 is 9.59 Å². The molecule has 0 bridgehead atoms. The minimum atomic E-state index is -0.208. The maximum absolute atomic E-state index is 12.6. The number of para-hydroxylation sites is 1. The lowest BCUT2D eigenvalue weighted by Gasteiger charge is -2.14. The van der Waals surface area contributed by atoms with E-state index in [1.807, 2.05) is 39.8 Å². The van der Waals surface area contributed by atoms with E-state index in [-0.39, 0.29) is 11.8 Å². The summed E-state index contributed by atoms with van der Waals surface area (Å²) < 4.78 is 0. The lowest BCUT2D eigenvalue weighted by atomic mass is 10.0. The maximum atomic E-state index is 12.6. The SMILES string of the molecule is Cc1cccc(C(=O)Nc2ccccc2C(=O)NCC(C)C)c1C. The first-order chi connectivity index (χ1) is 11.4. The van der Waals surface area contributed by atoms with Crippen LogP contribution in [0.25, 0.3) is 0 Å². The van der Waals surface area contributed by atoms with E-state index >= 15 is 0 Å². The molecule has 2 aromatic carbocycles. The van der Waals surface area contributed by atoms with E-state index in [4.69, 9.17) is 0 Å². The first-order valence-corrected chi connectivity index (χ1v) is 8.15. The highest BCUT2D eigenvalue weighted by Gasteiger charge is 2.15. The van der Waals surface area contributed by atoms with Gasteiger partial charge in [-0.3, -0.25) is 9.59 Å². The topological polar surface area (TPSA) is 58.2 Å². The third-order valence-electron chi connectivity index (χ3n) is 3.94. The quantitative estimate of drug-likeness (QED) is 0.875. The van der Waals surface area contributed by atoms with Crippen LogP contribution in [0.2, 0.25) is 0 Å². The first kappa shape index (κ1) is 17.7. The molecule has 0 aromatic heterocycles. The van der Waals surface area contributed by atoms with Crippen LogP contribution in [0.3, 0.4) is 0 Å². The van der Waals surface area contributed by atoms with Crippen LogP contribution in [0.15, 0.2) is 42.5 Å². The fraction of sp³-hybridized carbons (Fsp3) is 0.300.